The fourth-order valence-corrected chi connectivity index (χ4v) is 5.13. The van der Waals surface area contributed by atoms with E-state index in [1.54, 1.807) is 28.8 Å². The number of nitrogens with zero attached hydrogens (tertiary/aromatic N) is 2. The van der Waals surface area contributed by atoms with Gasteiger partial charge in [-0.25, -0.2) is 8.42 Å². The standard InChI is InChI=1S/C21H23N3O3S.2ClH/c1-16-10-12-24(13-11-23-16)28(25,26)20-9-5-6-17-14-22-15-19(21(17)20)27-18-7-3-2-4-8-18;;/h2-9,14-16,23H,10-13H2,1H3;2*1H. The maximum Gasteiger partial charge on any atom is 0.243 e. The summed E-state index contributed by atoms with van der Waals surface area (Å²) in [5.74, 6) is 1.07. The van der Waals surface area contributed by atoms with Crippen molar-refractivity contribution in [1.82, 2.24) is 14.6 Å². The number of ether oxygens (including phenoxy) is 1. The molecule has 0 radical (unpaired) electrons. The highest BCUT2D eigenvalue weighted by Gasteiger charge is 2.29. The second-order valence-corrected chi connectivity index (χ2v) is 8.86. The lowest BCUT2D eigenvalue weighted by atomic mass is 10.1. The molecule has 9 heteroatoms. The Labute approximate surface area is 189 Å². The number of fused-ring (bicyclic) bond motifs is 1. The molecule has 3 aromatic rings. The zero-order chi connectivity index (χ0) is 19.6. The minimum absolute atomic E-state index is 0. The SMILES string of the molecule is CC1CCN(S(=O)(=O)c2cccc3cncc(Oc4ccccc4)c23)CCN1.Cl.Cl. The maximum absolute atomic E-state index is 13.5. The van der Waals surface area contributed by atoms with Gasteiger partial charge in [0.25, 0.3) is 0 Å². The molecule has 0 saturated carbocycles. The van der Waals surface area contributed by atoms with Gasteiger partial charge in [-0.3, -0.25) is 4.98 Å². The number of para-hydroxylation sites is 1. The molecule has 1 saturated heterocycles. The first kappa shape index (κ1) is 24.4. The van der Waals surface area contributed by atoms with E-state index in [4.69, 9.17) is 4.74 Å². The predicted molar refractivity (Wildman–Crippen MR) is 124 cm³/mol. The van der Waals surface area contributed by atoms with Crippen LogP contribution < -0.4 is 10.1 Å². The smallest absolute Gasteiger partial charge is 0.243 e. The quantitative estimate of drug-likeness (QED) is 0.618. The van der Waals surface area contributed by atoms with Gasteiger partial charge < -0.3 is 10.1 Å². The number of rotatable bonds is 4. The van der Waals surface area contributed by atoms with Crippen LogP contribution in [0.25, 0.3) is 10.8 Å². The molecular formula is C21H25Cl2N3O3S. The van der Waals surface area contributed by atoms with Crippen LogP contribution in [0.4, 0.5) is 0 Å². The Kier molecular flexibility index (Phi) is 8.46. The Morgan fingerprint density at radius 1 is 1.03 bits per heavy atom. The van der Waals surface area contributed by atoms with Gasteiger partial charge in [0, 0.05) is 42.6 Å². The predicted octanol–water partition coefficient (Wildman–Crippen LogP) is 4.24. The summed E-state index contributed by atoms with van der Waals surface area (Å²) in [5.41, 5.74) is 0. The molecule has 0 aliphatic carbocycles. The topological polar surface area (TPSA) is 71.5 Å². The van der Waals surface area contributed by atoms with E-state index >= 15 is 0 Å². The zero-order valence-corrected chi connectivity index (χ0v) is 19.0. The van der Waals surface area contributed by atoms with Crippen LogP contribution in [-0.2, 0) is 10.0 Å². The Morgan fingerprint density at radius 3 is 2.57 bits per heavy atom. The Hall–Kier alpha value is -1.90. The van der Waals surface area contributed by atoms with Crippen molar-refractivity contribution in [3.05, 3.63) is 60.9 Å². The summed E-state index contributed by atoms with van der Waals surface area (Å²) in [6.45, 7) is 3.65. The molecule has 4 rings (SSSR count). The second kappa shape index (κ2) is 10.4. The largest absolute Gasteiger partial charge is 0.455 e. The third kappa shape index (κ3) is 5.04. The van der Waals surface area contributed by atoms with Crippen molar-refractivity contribution in [1.29, 1.82) is 0 Å². The summed E-state index contributed by atoms with van der Waals surface area (Å²) >= 11 is 0. The van der Waals surface area contributed by atoms with Crippen LogP contribution in [0.2, 0.25) is 0 Å². The van der Waals surface area contributed by atoms with Crippen LogP contribution in [-0.4, -0.2) is 43.4 Å². The van der Waals surface area contributed by atoms with E-state index in [0.717, 1.165) is 11.8 Å². The molecular weight excluding hydrogens is 445 g/mol. The second-order valence-electron chi connectivity index (χ2n) is 6.95. The fraction of sp³-hybridized carbons (Fsp3) is 0.286. The number of pyridine rings is 1. The summed E-state index contributed by atoms with van der Waals surface area (Å²) in [7, 11) is -3.66. The van der Waals surface area contributed by atoms with E-state index in [-0.39, 0.29) is 29.7 Å². The highest BCUT2D eigenvalue weighted by Crippen LogP contribution is 2.35. The molecule has 162 valence electrons. The Morgan fingerprint density at radius 2 is 1.80 bits per heavy atom. The Balaban J connectivity index is 0.00000160. The highest BCUT2D eigenvalue weighted by atomic mass is 35.5. The van der Waals surface area contributed by atoms with Gasteiger partial charge in [-0.05, 0) is 31.5 Å². The van der Waals surface area contributed by atoms with Crippen molar-refractivity contribution in [2.45, 2.75) is 24.3 Å². The van der Waals surface area contributed by atoms with E-state index in [1.807, 2.05) is 36.4 Å². The number of aromatic nitrogens is 1. The summed E-state index contributed by atoms with van der Waals surface area (Å²) in [4.78, 5) is 4.48. The number of halogens is 2. The van der Waals surface area contributed by atoms with Gasteiger partial charge >= 0.3 is 0 Å². The van der Waals surface area contributed by atoms with Crippen molar-refractivity contribution >= 4 is 45.6 Å². The lowest BCUT2D eigenvalue weighted by Crippen LogP contribution is -2.34. The van der Waals surface area contributed by atoms with E-state index in [0.29, 0.717) is 42.6 Å². The van der Waals surface area contributed by atoms with Crippen molar-refractivity contribution in [2.75, 3.05) is 19.6 Å². The zero-order valence-electron chi connectivity index (χ0n) is 16.5. The van der Waals surface area contributed by atoms with Crippen LogP contribution in [0.3, 0.4) is 0 Å². The molecule has 1 atom stereocenters. The Bertz CT molecular complexity index is 1080. The van der Waals surface area contributed by atoms with Crippen molar-refractivity contribution in [3.63, 3.8) is 0 Å². The normalized spacial score (nSPS) is 17.4. The monoisotopic (exact) mass is 469 g/mol. The first-order chi connectivity index (χ1) is 13.6. The molecule has 6 nitrogen and oxygen atoms in total. The van der Waals surface area contributed by atoms with E-state index in [2.05, 4.69) is 17.2 Å². The maximum atomic E-state index is 13.5. The molecule has 0 spiro atoms. The number of sulfonamides is 1. The molecule has 1 N–H and O–H groups in total. The van der Waals surface area contributed by atoms with Crippen LogP contribution in [0, 0.1) is 0 Å². The van der Waals surface area contributed by atoms with Gasteiger partial charge in [0.1, 0.15) is 5.75 Å². The van der Waals surface area contributed by atoms with Crippen LogP contribution in [0.15, 0.2) is 65.8 Å². The minimum Gasteiger partial charge on any atom is -0.455 e. The van der Waals surface area contributed by atoms with Crippen LogP contribution in [0.5, 0.6) is 11.5 Å². The molecule has 0 amide bonds. The lowest BCUT2D eigenvalue weighted by Gasteiger charge is -2.21. The first-order valence-electron chi connectivity index (χ1n) is 9.39. The van der Waals surface area contributed by atoms with Crippen LogP contribution in [0.1, 0.15) is 13.3 Å². The van der Waals surface area contributed by atoms with Crippen molar-refractivity contribution < 1.29 is 13.2 Å². The van der Waals surface area contributed by atoms with Gasteiger partial charge in [0.05, 0.1) is 11.1 Å². The molecule has 1 aromatic heterocycles. The van der Waals surface area contributed by atoms with Gasteiger partial charge in [-0.15, -0.1) is 24.8 Å². The lowest BCUT2D eigenvalue weighted by molar-refractivity contribution is 0.429. The molecule has 30 heavy (non-hydrogen) atoms. The van der Waals surface area contributed by atoms with Gasteiger partial charge in [0.2, 0.25) is 10.0 Å². The summed E-state index contributed by atoms with van der Waals surface area (Å²) in [5, 5.41) is 4.63. The van der Waals surface area contributed by atoms with E-state index < -0.39 is 10.0 Å². The highest BCUT2D eigenvalue weighted by molar-refractivity contribution is 7.89. The molecule has 2 heterocycles. The number of nitrogens with one attached hydrogen (secondary N) is 1. The molecule has 2 aromatic carbocycles. The molecule has 0 bridgehead atoms. The first-order valence-corrected chi connectivity index (χ1v) is 10.8. The third-order valence-corrected chi connectivity index (χ3v) is 6.91. The van der Waals surface area contributed by atoms with Crippen LogP contribution >= 0.6 is 24.8 Å². The molecule has 1 aliphatic heterocycles. The summed E-state index contributed by atoms with van der Waals surface area (Å²) in [6, 6.07) is 14.9. The van der Waals surface area contributed by atoms with E-state index in [9.17, 15) is 8.42 Å². The van der Waals surface area contributed by atoms with E-state index in [1.165, 1.54) is 0 Å². The van der Waals surface area contributed by atoms with Gasteiger partial charge in [0.15, 0.2) is 5.75 Å². The summed E-state index contributed by atoms with van der Waals surface area (Å²) in [6.07, 6.45) is 4.01. The van der Waals surface area contributed by atoms with Gasteiger partial charge in [-0.1, -0.05) is 30.3 Å². The fourth-order valence-electron chi connectivity index (χ4n) is 3.44. The molecule has 1 fully saturated rings. The van der Waals surface area contributed by atoms with Crippen molar-refractivity contribution in [2.24, 2.45) is 0 Å². The van der Waals surface area contributed by atoms with Crippen molar-refractivity contribution in [3.8, 4) is 11.5 Å². The number of hydrogen-bond acceptors (Lipinski definition) is 5. The van der Waals surface area contributed by atoms with Gasteiger partial charge in [-0.2, -0.15) is 4.31 Å². The third-order valence-electron chi connectivity index (χ3n) is 4.96. The summed E-state index contributed by atoms with van der Waals surface area (Å²) < 4.78 is 34.5. The average molecular weight is 470 g/mol. The average Bonchev–Trinajstić information content (AvgIpc) is 2.93. The number of benzene rings is 2. The number of hydrogen-bond donors (Lipinski definition) is 1. The molecule has 1 aliphatic rings. The molecule has 1 unspecified atom stereocenters. The minimum atomic E-state index is -3.66.